The van der Waals surface area contributed by atoms with Gasteiger partial charge in [-0.1, -0.05) is 0 Å². The van der Waals surface area contributed by atoms with E-state index in [1.165, 1.54) is 10.6 Å². The maximum absolute atomic E-state index is 11.8. The van der Waals surface area contributed by atoms with Gasteiger partial charge in [-0.2, -0.15) is 4.31 Å². The van der Waals surface area contributed by atoms with Crippen LogP contribution in [0.15, 0.2) is 0 Å². The lowest BCUT2D eigenvalue weighted by molar-refractivity contribution is -0.131. The second-order valence-electron chi connectivity index (χ2n) is 4.11. The topological polar surface area (TPSA) is 57.7 Å². The lowest BCUT2D eigenvalue weighted by Crippen LogP contribution is -2.43. The standard InChI is InChI=1S/C10H20N2O3S/c1-4-11(5-2)10(13)8-12(9-6-7-9)16(3,14)15/h9H,4-8H2,1-3H3. The second kappa shape index (κ2) is 5.14. The molecule has 0 aromatic rings. The lowest BCUT2D eigenvalue weighted by Gasteiger charge is -2.24. The van der Waals surface area contributed by atoms with Crippen LogP contribution in [-0.4, -0.2) is 55.5 Å². The van der Waals surface area contributed by atoms with Crippen LogP contribution in [0.2, 0.25) is 0 Å². The maximum Gasteiger partial charge on any atom is 0.237 e. The van der Waals surface area contributed by atoms with Gasteiger partial charge in [0.15, 0.2) is 0 Å². The molecule has 1 rings (SSSR count). The molecule has 0 bridgehead atoms. The third-order valence-corrected chi connectivity index (χ3v) is 4.07. The Balaban J connectivity index is 2.65. The fourth-order valence-electron chi connectivity index (χ4n) is 1.69. The van der Waals surface area contributed by atoms with Crippen molar-refractivity contribution in [1.29, 1.82) is 0 Å². The zero-order valence-corrected chi connectivity index (χ0v) is 11.0. The summed E-state index contributed by atoms with van der Waals surface area (Å²) in [5.74, 6) is -0.109. The van der Waals surface area contributed by atoms with Crippen LogP contribution in [0.5, 0.6) is 0 Å². The molecule has 0 radical (unpaired) electrons. The van der Waals surface area contributed by atoms with Crippen LogP contribution in [0.25, 0.3) is 0 Å². The van der Waals surface area contributed by atoms with Crippen molar-refractivity contribution in [2.24, 2.45) is 0 Å². The number of hydrogen-bond acceptors (Lipinski definition) is 3. The number of carbonyl (C=O) groups excluding carboxylic acids is 1. The Labute approximate surface area is 97.5 Å². The van der Waals surface area contributed by atoms with E-state index in [0.717, 1.165) is 12.8 Å². The largest absolute Gasteiger partial charge is 0.342 e. The molecule has 0 aliphatic heterocycles. The number of carbonyl (C=O) groups is 1. The van der Waals surface area contributed by atoms with Crippen LogP contribution in [0.4, 0.5) is 0 Å². The molecule has 0 atom stereocenters. The van der Waals surface area contributed by atoms with E-state index >= 15 is 0 Å². The highest BCUT2D eigenvalue weighted by atomic mass is 32.2. The van der Waals surface area contributed by atoms with Crippen LogP contribution < -0.4 is 0 Å². The molecule has 1 amide bonds. The van der Waals surface area contributed by atoms with Gasteiger partial charge in [0.2, 0.25) is 15.9 Å². The van der Waals surface area contributed by atoms with E-state index in [1.807, 2.05) is 13.8 Å². The van der Waals surface area contributed by atoms with Crippen molar-refractivity contribution in [3.05, 3.63) is 0 Å². The average molecular weight is 248 g/mol. The molecular formula is C10H20N2O3S. The van der Waals surface area contributed by atoms with Gasteiger partial charge in [0, 0.05) is 19.1 Å². The molecular weight excluding hydrogens is 228 g/mol. The lowest BCUT2D eigenvalue weighted by atomic mass is 10.4. The Kier molecular flexibility index (Phi) is 4.32. The van der Waals surface area contributed by atoms with E-state index in [2.05, 4.69) is 0 Å². The van der Waals surface area contributed by atoms with E-state index in [1.54, 1.807) is 4.90 Å². The molecule has 0 spiro atoms. The van der Waals surface area contributed by atoms with Crippen molar-refractivity contribution < 1.29 is 13.2 Å². The molecule has 5 nitrogen and oxygen atoms in total. The summed E-state index contributed by atoms with van der Waals surface area (Å²) in [6.07, 6.45) is 2.91. The number of nitrogens with zero attached hydrogens (tertiary/aromatic N) is 2. The van der Waals surface area contributed by atoms with Gasteiger partial charge in [0.25, 0.3) is 0 Å². The number of hydrogen-bond donors (Lipinski definition) is 0. The number of sulfonamides is 1. The molecule has 0 heterocycles. The summed E-state index contributed by atoms with van der Waals surface area (Å²) in [5.41, 5.74) is 0. The molecule has 0 aromatic carbocycles. The van der Waals surface area contributed by atoms with Gasteiger partial charge in [0.1, 0.15) is 0 Å². The average Bonchev–Trinajstić information content (AvgIpc) is 2.97. The fraction of sp³-hybridized carbons (Fsp3) is 0.900. The zero-order chi connectivity index (χ0) is 12.3. The minimum Gasteiger partial charge on any atom is -0.342 e. The van der Waals surface area contributed by atoms with Crippen molar-refractivity contribution >= 4 is 15.9 Å². The molecule has 0 unspecified atom stereocenters. The Morgan fingerprint density at radius 2 is 1.75 bits per heavy atom. The predicted molar refractivity (Wildman–Crippen MR) is 62.5 cm³/mol. The third-order valence-electron chi connectivity index (χ3n) is 2.79. The zero-order valence-electron chi connectivity index (χ0n) is 10.1. The highest BCUT2D eigenvalue weighted by Gasteiger charge is 2.36. The quantitative estimate of drug-likeness (QED) is 0.678. The Hall–Kier alpha value is -0.620. The van der Waals surface area contributed by atoms with E-state index in [9.17, 15) is 13.2 Å². The van der Waals surface area contributed by atoms with Crippen LogP contribution in [-0.2, 0) is 14.8 Å². The second-order valence-corrected chi connectivity index (χ2v) is 6.04. The minimum absolute atomic E-state index is 0.00875. The van der Waals surface area contributed by atoms with Gasteiger partial charge in [-0.25, -0.2) is 8.42 Å². The first kappa shape index (κ1) is 13.4. The minimum atomic E-state index is -3.26. The summed E-state index contributed by atoms with van der Waals surface area (Å²) in [7, 11) is -3.26. The first-order chi connectivity index (χ1) is 7.40. The first-order valence-electron chi connectivity index (χ1n) is 5.64. The van der Waals surface area contributed by atoms with E-state index in [0.29, 0.717) is 13.1 Å². The number of amides is 1. The third kappa shape index (κ3) is 3.45. The van der Waals surface area contributed by atoms with Crippen molar-refractivity contribution in [2.45, 2.75) is 32.7 Å². The molecule has 1 fully saturated rings. The highest BCUT2D eigenvalue weighted by molar-refractivity contribution is 7.88. The van der Waals surface area contributed by atoms with Crippen LogP contribution in [0, 0.1) is 0 Å². The molecule has 6 heteroatoms. The molecule has 1 aliphatic carbocycles. The van der Waals surface area contributed by atoms with E-state index < -0.39 is 10.0 Å². The maximum atomic E-state index is 11.8. The summed E-state index contributed by atoms with van der Waals surface area (Å²) < 4.78 is 24.3. The van der Waals surface area contributed by atoms with Crippen LogP contribution in [0.1, 0.15) is 26.7 Å². The number of likely N-dealkylation sites (N-methyl/N-ethyl adjacent to an activating group) is 1. The summed E-state index contributed by atoms with van der Waals surface area (Å²) in [5, 5.41) is 0. The van der Waals surface area contributed by atoms with Gasteiger partial charge in [-0.05, 0) is 26.7 Å². The first-order valence-corrected chi connectivity index (χ1v) is 7.49. The van der Waals surface area contributed by atoms with Crippen LogP contribution >= 0.6 is 0 Å². The SMILES string of the molecule is CCN(CC)C(=O)CN(C1CC1)S(C)(=O)=O. The van der Waals surface area contributed by atoms with Crippen LogP contribution in [0.3, 0.4) is 0 Å². The fourth-order valence-corrected chi connectivity index (χ4v) is 2.79. The molecule has 1 aliphatic rings. The Morgan fingerprint density at radius 3 is 2.06 bits per heavy atom. The van der Waals surface area contributed by atoms with E-state index in [-0.39, 0.29) is 18.5 Å². The molecule has 1 saturated carbocycles. The molecule has 0 aromatic heterocycles. The molecule has 16 heavy (non-hydrogen) atoms. The Morgan fingerprint density at radius 1 is 1.25 bits per heavy atom. The molecule has 94 valence electrons. The molecule has 0 saturated heterocycles. The monoisotopic (exact) mass is 248 g/mol. The normalized spacial score (nSPS) is 16.5. The Bertz CT molecular complexity index is 345. The van der Waals surface area contributed by atoms with Gasteiger partial charge in [-0.3, -0.25) is 4.79 Å². The smallest absolute Gasteiger partial charge is 0.237 e. The number of rotatable bonds is 6. The van der Waals surface area contributed by atoms with Crippen molar-refractivity contribution in [3.8, 4) is 0 Å². The van der Waals surface area contributed by atoms with Gasteiger partial charge in [0.05, 0.1) is 12.8 Å². The van der Waals surface area contributed by atoms with Gasteiger partial charge < -0.3 is 4.90 Å². The van der Waals surface area contributed by atoms with Crippen molar-refractivity contribution in [2.75, 3.05) is 25.9 Å². The highest BCUT2D eigenvalue weighted by Crippen LogP contribution is 2.28. The predicted octanol–water partition coefficient (Wildman–Crippen LogP) is 0.279. The van der Waals surface area contributed by atoms with Gasteiger partial charge >= 0.3 is 0 Å². The van der Waals surface area contributed by atoms with Gasteiger partial charge in [-0.15, -0.1) is 0 Å². The van der Waals surface area contributed by atoms with E-state index in [4.69, 9.17) is 0 Å². The van der Waals surface area contributed by atoms with Crippen molar-refractivity contribution in [3.63, 3.8) is 0 Å². The summed E-state index contributed by atoms with van der Waals surface area (Å²) in [4.78, 5) is 13.5. The summed E-state index contributed by atoms with van der Waals surface area (Å²) in [6, 6.07) is 0.0505. The molecule has 0 N–H and O–H groups in total. The van der Waals surface area contributed by atoms with Crippen molar-refractivity contribution in [1.82, 2.24) is 9.21 Å². The summed E-state index contributed by atoms with van der Waals surface area (Å²) >= 11 is 0. The summed E-state index contributed by atoms with van der Waals surface area (Å²) in [6.45, 7) is 5.02.